The highest BCUT2D eigenvalue weighted by molar-refractivity contribution is 6.23. The summed E-state index contributed by atoms with van der Waals surface area (Å²) in [5.41, 5.74) is 11.8. The van der Waals surface area contributed by atoms with E-state index in [1.807, 2.05) is 54.7 Å². The molecule has 0 amide bonds. The number of nitrogens with zero attached hydrogens (tertiary/aromatic N) is 5. The van der Waals surface area contributed by atoms with E-state index in [9.17, 15) is 0 Å². The molecule has 14 aromatic rings. The van der Waals surface area contributed by atoms with E-state index < -0.39 is 0 Å². The molecule has 3 aromatic heterocycles. The highest BCUT2D eigenvalue weighted by Crippen LogP contribution is 2.42. The third-order valence-electron chi connectivity index (χ3n) is 13.5. The van der Waals surface area contributed by atoms with Gasteiger partial charge in [0.1, 0.15) is 11.2 Å². The summed E-state index contributed by atoms with van der Waals surface area (Å²) in [7, 11) is 0. The van der Waals surface area contributed by atoms with E-state index in [1.165, 1.54) is 10.8 Å². The van der Waals surface area contributed by atoms with Crippen LogP contribution < -0.4 is 0 Å². The molecule has 6 nitrogen and oxygen atoms in total. The van der Waals surface area contributed by atoms with Gasteiger partial charge in [-0.1, -0.05) is 176 Å². The number of furan rings is 1. The van der Waals surface area contributed by atoms with Gasteiger partial charge in [-0.3, -0.25) is 4.98 Å². The molecule has 0 fully saturated rings. The van der Waals surface area contributed by atoms with Gasteiger partial charge in [-0.25, -0.2) is 19.9 Å². The standard InChI is InChI=1S/C63H37N5O/c1-3-16-38(17-4-1)40-30-31-52-57(36-40)69-56-29-15-28-53(58(52)56)63-67-61(39-18-5-2-6-19-39)66-62(68-63)44-33-42(54-35-41-20-7-8-21-45(41)46-22-9-10-25-49(46)54)32-43(34-44)55-37-64-59-50-26-13-11-23-47(50)48-24-12-14-27-51(48)60(59)65-55/h1-37H. The Labute approximate surface area is 395 Å². The monoisotopic (exact) mass is 879 g/mol. The van der Waals surface area contributed by atoms with E-state index in [1.54, 1.807) is 0 Å². The normalized spacial score (nSPS) is 11.8. The molecule has 14 rings (SSSR count). The molecule has 0 aliphatic heterocycles. The Morgan fingerprint density at radius 1 is 0.290 bits per heavy atom. The molecule has 0 bridgehead atoms. The highest BCUT2D eigenvalue weighted by atomic mass is 16.3. The fourth-order valence-electron chi connectivity index (χ4n) is 10.3. The Kier molecular flexibility index (Phi) is 8.79. The minimum atomic E-state index is 0.536. The van der Waals surface area contributed by atoms with Gasteiger partial charge in [0.15, 0.2) is 17.5 Å². The van der Waals surface area contributed by atoms with Crippen LogP contribution in [0.3, 0.4) is 0 Å². The molecule has 0 aliphatic carbocycles. The zero-order chi connectivity index (χ0) is 45.4. The maximum absolute atomic E-state index is 6.60. The summed E-state index contributed by atoms with van der Waals surface area (Å²) in [6.07, 6.45) is 1.91. The van der Waals surface area contributed by atoms with Gasteiger partial charge in [-0.05, 0) is 97.0 Å². The molecular weight excluding hydrogens is 843 g/mol. The van der Waals surface area contributed by atoms with Gasteiger partial charge < -0.3 is 4.42 Å². The first kappa shape index (κ1) is 38.8. The lowest BCUT2D eigenvalue weighted by Gasteiger charge is -2.15. The number of rotatable bonds is 6. The SMILES string of the molecule is c1ccc(-c2ccc3c(c2)oc2cccc(-c4nc(-c5ccccc5)nc(-c5cc(-c6cnc7c8ccccc8c8ccccc8c7n6)cc(-c6cc7ccccc7c7ccccc67)c5)n4)c23)cc1. The summed E-state index contributed by atoms with van der Waals surface area (Å²) < 4.78 is 6.60. The van der Waals surface area contributed by atoms with Gasteiger partial charge in [0.05, 0.1) is 22.9 Å². The van der Waals surface area contributed by atoms with Crippen molar-refractivity contribution in [2.45, 2.75) is 0 Å². The third-order valence-corrected chi connectivity index (χ3v) is 13.5. The number of fused-ring (bicyclic) bond motifs is 12. The second-order valence-electron chi connectivity index (χ2n) is 17.6. The van der Waals surface area contributed by atoms with Crippen molar-refractivity contribution in [1.29, 1.82) is 0 Å². The number of hydrogen-bond acceptors (Lipinski definition) is 6. The van der Waals surface area contributed by atoms with Crippen LogP contribution in [0, 0.1) is 0 Å². The summed E-state index contributed by atoms with van der Waals surface area (Å²) in [4.78, 5) is 26.6. The topological polar surface area (TPSA) is 77.6 Å². The van der Waals surface area contributed by atoms with Crippen molar-refractivity contribution in [2.75, 3.05) is 0 Å². The second kappa shape index (κ2) is 15.6. The first-order chi connectivity index (χ1) is 34.2. The average molecular weight is 880 g/mol. The Bertz CT molecular complexity index is 4340. The zero-order valence-corrected chi connectivity index (χ0v) is 37.0. The zero-order valence-electron chi connectivity index (χ0n) is 37.0. The molecule has 0 saturated heterocycles. The van der Waals surface area contributed by atoms with E-state index in [0.717, 1.165) is 115 Å². The van der Waals surface area contributed by atoms with Gasteiger partial charge in [0.2, 0.25) is 0 Å². The molecule has 0 aliphatic rings. The van der Waals surface area contributed by atoms with Crippen LogP contribution in [0.1, 0.15) is 0 Å². The minimum Gasteiger partial charge on any atom is -0.456 e. The summed E-state index contributed by atoms with van der Waals surface area (Å²) in [5.74, 6) is 1.65. The summed E-state index contributed by atoms with van der Waals surface area (Å²) in [6, 6.07) is 76.1. The van der Waals surface area contributed by atoms with E-state index in [-0.39, 0.29) is 0 Å². The van der Waals surface area contributed by atoms with Crippen LogP contribution in [0.4, 0.5) is 0 Å². The molecule has 0 atom stereocenters. The van der Waals surface area contributed by atoms with Crippen molar-refractivity contribution in [2.24, 2.45) is 0 Å². The Hall–Kier alpha value is -9.39. The molecule has 6 heteroatoms. The van der Waals surface area contributed by atoms with Crippen molar-refractivity contribution in [3.05, 3.63) is 225 Å². The molecule has 0 spiro atoms. The fraction of sp³-hybridized carbons (Fsp3) is 0. The quantitative estimate of drug-likeness (QED) is 0.155. The van der Waals surface area contributed by atoms with E-state index in [4.69, 9.17) is 29.3 Å². The minimum absolute atomic E-state index is 0.536. The summed E-state index contributed by atoms with van der Waals surface area (Å²) in [5, 5.41) is 11.1. The van der Waals surface area contributed by atoms with E-state index >= 15 is 0 Å². The second-order valence-corrected chi connectivity index (χ2v) is 17.6. The highest BCUT2D eigenvalue weighted by Gasteiger charge is 2.21. The van der Waals surface area contributed by atoms with Crippen LogP contribution in [0.25, 0.3) is 144 Å². The lowest BCUT2D eigenvalue weighted by molar-refractivity contribution is 0.669. The van der Waals surface area contributed by atoms with Gasteiger partial charge in [0.25, 0.3) is 0 Å². The number of hydrogen-bond donors (Lipinski definition) is 0. The van der Waals surface area contributed by atoms with E-state index in [2.05, 4.69) is 170 Å². The molecule has 0 N–H and O–H groups in total. The molecule has 0 saturated carbocycles. The summed E-state index contributed by atoms with van der Waals surface area (Å²) in [6.45, 7) is 0. The largest absolute Gasteiger partial charge is 0.456 e. The van der Waals surface area contributed by atoms with Crippen molar-refractivity contribution < 1.29 is 4.42 Å². The van der Waals surface area contributed by atoms with Gasteiger partial charge in [-0.2, -0.15) is 0 Å². The first-order valence-electron chi connectivity index (χ1n) is 23.1. The predicted octanol–water partition coefficient (Wildman–Crippen LogP) is 16.3. The van der Waals surface area contributed by atoms with Crippen molar-refractivity contribution >= 4 is 76.1 Å². The molecule has 0 radical (unpaired) electrons. The lowest BCUT2D eigenvalue weighted by Crippen LogP contribution is -2.01. The molecular formula is C63H37N5O. The molecule has 69 heavy (non-hydrogen) atoms. The first-order valence-corrected chi connectivity index (χ1v) is 23.1. The Morgan fingerprint density at radius 3 is 1.62 bits per heavy atom. The van der Waals surface area contributed by atoms with Crippen LogP contribution in [-0.4, -0.2) is 24.9 Å². The van der Waals surface area contributed by atoms with Gasteiger partial charge in [0, 0.05) is 43.8 Å². The van der Waals surface area contributed by atoms with E-state index in [0.29, 0.717) is 17.5 Å². The van der Waals surface area contributed by atoms with Crippen molar-refractivity contribution in [3.8, 4) is 67.7 Å². The molecule has 11 aromatic carbocycles. The predicted molar refractivity (Wildman–Crippen MR) is 283 cm³/mol. The summed E-state index contributed by atoms with van der Waals surface area (Å²) >= 11 is 0. The van der Waals surface area contributed by atoms with Crippen LogP contribution in [-0.2, 0) is 0 Å². The van der Waals surface area contributed by atoms with Gasteiger partial charge in [-0.15, -0.1) is 0 Å². The molecule has 320 valence electrons. The number of benzene rings is 11. The Morgan fingerprint density at radius 2 is 0.870 bits per heavy atom. The Balaban J connectivity index is 1.03. The van der Waals surface area contributed by atoms with Gasteiger partial charge >= 0.3 is 0 Å². The van der Waals surface area contributed by atoms with Crippen LogP contribution in [0.2, 0.25) is 0 Å². The maximum Gasteiger partial charge on any atom is 0.164 e. The molecule has 0 unspecified atom stereocenters. The van der Waals surface area contributed by atoms with Crippen LogP contribution >= 0.6 is 0 Å². The molecule has 3 heterocycles. The van der Waals surface area contributed by atoms with Crippen LogP contribution in [0.15, 0.2) is 229 Å². The maximum atomic E-state index is 6.60. The van der Waals surface area contributed by atoms with Crippen LogP contribution in [0.5, 0.6) is 0 Å². The average Bonchev–Trinajstić information content (AvgIpc) is 3.81. The fourth-order valence-corrected chi connectivity index (χ4v) is 10.3. The number of aromatic nitrogens is 5. The van der Waals surface area contributed by atoms with Crippen molar-refractivity contribution in [3.63, 3.8) is 0 Å². The smallest absolute Gasteiger partial charge is 0.164 e. The third kappa shape index (κ3) is 6.45. The van der Waals surface area contributed by atoms with Crippen molar-refractivity contribution in [1.82, 2.24) is 24.9 Å². The lowest BCUT2D eigenvalue weighted by atomic mass is 9.91.